The molecular formula is C29H42N2O3S. The van der Waals surface area contributed by atoms with Crippen molar-refractivity contribution in [2.75, 3.05) is 19.7 Å². The van der Waals surface area contributed by atoms with E-state index in [0.29, 0.717) is 26.1 Å². The number of thiophene rings is 1. The Labute approximate surface area is 215 Å². The van der Waals surface area contributed by atoms with Crippen molar-refractivity contribution in [2.45, 2.75) is 90.8 Å². The van der Waals surface area contributed by atoms with Crippen molar-refractivity contribution in [1.29, 1.82) is 0 Å². The summed E-state index contributed by atoms with van der Waals surface area (Å²) in [5, 5.41) is 0. The maximum Gasteiger partial charge on any atom is 0.242 e. The molecule has 2 aromatic rings. The molecule has 1 aromatic carbocycles. The Morgan fingerprint density at radius 3 is 2.40 bits per heavy atom. The SMILES string of the molecule is CCCCCCCCC(=O)N(CC(=O)N(Cc1ccccc1)Cc1ccc(C)s1)C[C@@H]1CCCO1. The van der Waals surface area contributed by atoms with E-state index in [0.717, 1.165) is 42.7 Å². The lowest BCUT2D eigenvalue weighted by atomic mass is 10.1. The minimum absolute atomic E-state index is 0.00537. The summed E-state index contributed by atoms with van der Waals surface area (Å²) in [7, 11) is 0. The first kappa shape index (κ1) is 27.4. The Morgan fingerprint density at radius 2 is 1.71 bits per heavy atom. The van der Waals surface area contributed by atoms with Crippen molar-refractivity contribution in [3.8, 4) is 0 Å². The molecule has 0 aliphatic carbocycles. The Bertz CT molecular complexity index is 892. The molecule has 0 saturated carbocycles. The molecule has 35 heavy (non-hydrogen) atoms. The number of nitrogens with zero attached hydrogens (tertiary/aromatic N) is 2. The van der Waals surface area contributed by atoms with Crippen LogP contribution in [-0.4, -0.2) is 47.4 Å². The van der Waals surface area contributed by atoms with Crippen molar-refractivity contribution < 1.29 is 14.3 Å². The van der Waals surface area contributed by atoms with Gasteiger partial charge >= 0.3 is 0 Å². The van der Waals surface area contributed by atoms with Gasteiger partial charge in [0.25, 0.3) is 0 Å². The summed E-state index contributed by atoms with van der Waals surface area (Å²) in [6.45, 7) is 6.77. The highest BCUT2D eigenvalue weighted by molar-refractivity contribution is 7.11. The number of amides is 2. The van der Waals surface area contributed by atoms with Gasteiger partial charge < -0.3 is 14.5 Å². The van der Waals surface area contributed by atoms with Crippen LogP contribution in [0.1, 0.15) is 80.0 Å². The number of carbonyl (C=O) groups is 2. The van der Waals surface area contributed by atoms with E-state index in [-0.39, 0.29) is 24.5 Å². The summed E-state index contributed by atoms with van der Waals surface area (Å²) < 4.78 is 5.82. The molecule has 1 aliphatic rings. The molecular weight excluding hydrogens is 456 g/mol. The van der Waals surface area contributed by atoms with Crippen LogP contribution in [0.2, 0.25) is 0 Å². The monoisotopic (exact) mass is 498 g/mol. The van der Waals surface area contributed by atoms with E-state index in [1.54, 1.807) is 16.2 Å². The van der Waals surface area contributed by atoms with Crippen molar-refractivity contribution in [3.05, 3.63) is 57.8 Å². The minimum atomic E-state index is -0.00537. The molecule has 5 nitrogen and oxygen atoms in total. The second-order valence-corrected chi connectivity index (χ2v) is 11.0. The van der Waals surface area contributed by atoms with Gasteiger partial charge in [0.2, 0.25) is 11.8 Å². The quantitative estimate of drug-likeness (QED) is 0.269. The Hall–Kier alpha value is -2.18. The molecule has 0 unspecified atom stereocenters. The van der Waals surface area contributed by atoms with E-state index in [2.05, 4.69) is 26.0 Å². The maximum absolute atomic E-state index is 13.6. The van der Waals surface area contributed by atoms with Crippen LogP contribution in [0.15, 0.2) is 42.5 Å². The molecule has 0 bridgehead atoms. The summed E-state index contributed by atoms with van der Waals surface area (Å²) >= 11 is 1.72. The van der Waals surface area contributed by atoms with Crippen LogP contribution in [-0.2, 0) is 27.4 Å². The number of hydrogen-bond donors (Lipinski definition) is 0. The van der Waals surface area contributed by atoms with E-state index in [1.807, 2.05) is 35.2 Å². The Kier molecular flexibility index (Phi) is 11.8. The van der Waals surface area contributed by atoms with Crippen LogP contribution in [0.4, 0.5) is 0 Å². The number of carbonyl (C=O) groups excluding carboxylic acids is 2. The number of rotatable bonds is 15. The molecule has 6 heteroatoms. The van der Waals surface area contributed by atoms with Crippen LogP contribution in [0.25, 0.3) is 0 Å². The van der Waals surface area contributed by atoms with Crippen molar-refractivity contribution >= 4 is 23.2 Å². The molecule has 1 aromatic heterocycles. The highest BCUT2D eigenvalue weighted by atomic mass is 32.1. The average Bonchev–Trinajstić information content (AvgIpc) is 3.52. The molecule has 1 fully saturated rings. The largest absolute Gasteiger partial charge is 0.376 e. The zero-order chi connectivity index (χ0) is 24.9. The van der Waals surface area contributed by atoms with Gasteiger partial charge in [-0.1, -0.05) is 69.4 Å². The molecule has 3 rings (SSSR count). The average molecular weight is 499 g/mol. The van der Waals surface area contributed by atoms with Gasteiger partial charge in [-0.3, -0.25) is 9.59 Å². The standard InChI is InChI=1S/C29H42N2O3S/c1-3-4-5-6-7-11-16-28(32)31(21-26-15-12-19-34-26)23-29(33)30(20-25-13-9-8-10-14-25)22-27-18-17-24(2)35-27/h8-10,13-14,17-18,26H,3-7,11-12,15-16,19-23H2,1-2H3/t26-/m0/s1. The van der Waals surface area contributed by atoms with Gasteiger partial charge in [0, 0.05) is 35.9 Å². The van der Waals surface area contributed by atoms with E-state index in [4.69, 9.17) is 4.74 Å². The number of aryl methyl sites for hydroxylation is 1. The van der Waals surface area contributed by atoms with Gasteiger partial charge in [-0.25, -0.2) is 0 Å². The lowest BCUT2D eigenvalue weighted by Crippen LogP contribution is -2.45. The van der Waals surface area contributed by atoms with Crippen molar-refractivity contribution in [2.24, 2.45) is 0 Å². The maximum atomic E-state index is 13.6. The third kappa shape index (κ3) is 9.77. The molecule has 0 N–H and O–H groups in total. The van der Waals surface area contributed by atoms with Crippen LogP contribution in [0, 0.1) is 6.92 Å². The highest BCUT2D eigenvalue weighted by Gasteiger charge is 2.26. The Morgan fingerprint density at radius 1 is 0.943 bits per heavy atom. The van der Waals surface area contributed by atoms with E-state index in [9.17, 15) is 9.59 Å². The Balaban J connectivity index is 1.65. The van der Waals surface area contributed by atoms with Gasteiger partial charge in [-0.05, 0) is 43.9 Å². The van der Waals surface area contributed by atoms with Gasteiger partial charge in [-0.2, -0.15) is 0 Å². The predicted molar refractivity (Wildman–Crippen MR) is 143 cm³/mol. The highest BCUT2D eigenvalue weighted by Crippen LogP contribution is 2.20. The summed E-state index contributed by atoms with van der Waals surface area (Å²) in [6, 6.07) is 14.3. The lowest BCUT2D eigenvalue weighted by molar-refractivity contribution is -0.142. The summed E-state index contributed by atoms with van der Waals surface area (Å²) in [6.07, 6.45) is 9.39. The fraction of sp³-hybridized carbons (Fsp3) is 0.586. The van der Waals surface area contributed by atoms with E-state index < -0.39 is 0 Å². The predicted octanol–water partition coefficient (Wildman–Crippen LogP) is 6.34. The summed E-state index contributed by atoms with van der Waals surface area (Å²) in [5.41, 5.74) is 1.10. The number of hydrogen-bond acceptors (Lipinski definition) is 4. The number of unbranched alkanes of at least 4 members (excludes halogenated alkanes) is 5. The van der Waals surface area contributed by atoms with Crippen LogP contribution in [0.5, 0.6) is 0 Å². The van der Waals surface area contributed by atoms with Crippen LogP contribution < -0.4 is 0 Å². The van der Waals surface area contributed by atoms with Crippen molar-refractivity contribution in [3.63, 3.8) is 0 Å². The van der Waals surface area contributed by atoms with Gasteiger partial charge in [-0.15, -0.1) is 11.3 Å². The molecule has 2 heterocycles. The zero-order valence-corrected chi connectivity index (χ0v) is 22.4. The molecule has 192 valence electrons. The third-order valence-electron chi connectivity index (χ3n) is 6.58. The van der Waals surface area contributed by atoms with Crippen molar-refractivity contribution in [1.82, 2.24) is 9.80 Å². The van der Waals surface area contributed by atoms with Crippen LogP contribution >= 0.6 is 11.3 Å². The first-order valence-electron chi connectivity index (χ1n) is 13.3. The van der Waals surface area contributed by atoms with E-state index >= 15 is 0 Å². The smallest absolute Gasteiger partial charge is 0.242 e. The zero-order valence-electron chi connectivity index (χ0n) is 21.5. The van der Waals surface area contributed by atoms with Gasteiger partial charge in [0.05, 0.1) is 19.2 Å². The fourth-order valence-electron chi connectivity index (χ4n) is 4.56. The first-order valence-corrected chi connectivity index (χ1v) is 14.1. The summed E-state index contributed by atoms with van der Waals surface area (Å²) in [5.74, 6) is 0.0742. The molecule has 1 saturated heterocycles. The normalized spacial score (nSPS) is 15.3. The number of ether oxygens (including phenoxy) is 1. The molecule has 2 amide bonds. The minimum Gasteiger partial charge on any atom is -0.376 e. The molecule has 0 spiro atoms. The van der Waals surface area contributed by atoms with Crippen LogP contribution in [0.3, 0.4) is 0 Å². The molecule has 1 aliphatic heterocycles. The molecule has 1 atom stereocenters. The van der Waals surface area contributed by atoms with Gasteiger partial charge in [0.15, 0.2) is 0 Å². The lowest BCUT2D eigenvalue weighted by Gasteiger charge is -2.29. The topological polar surface area (TPSA) is 49.9 Å². The third-order valence-corrected chi connectivity index (χ3v) is 7.57. The van der Waals surface area contributed by atoms with E-state index in [1.165, 1.54) is 30.6 Å². The molecule has 0 radical (unpaired) electrons. The fourth-order valence-corrected chi connectivity index (χ4v) is 5.47. The number of benzene rings is 1. The first-order chi connectivity index (χ1) is 17.0. The second kappa shape index (κ2) is 15.0. The summed E-state index contributed by atoms with van der Waals surface area (Å²) in [4.78, 5) is 32.8. The van der Waals surface area contributed by atoms with Gasteiger partial charge in [0.1, 0.15) is 0 Å². The second-order valence-electron chi connectivity index (χ2n) is 9.67.